The second-order valence-corrected chi connectivity index (χ2v) is 7.40. The summed E-state index contributed by atoms with van der Waals surface area (Å²) >= 11 is 0. The molecule has 1 aromatic carbocycles. The van der Waals surface area contributed by atoms with Crippen molar-refractivity contribution >= 4 is 0 Å². The molecule has 0 aromatic heterocycles. The maximum atomic E-state index is 5.84. The van der Waals surface area contributed by atoms with Crippen LogP contribution in [0, 0.1) is 0 Å². The van der Waals surface area contributed by atoms with E-state index >= 15 is 0 Å². The van der Waals surface area contributed by atoms with Gasteiger partial charge in [0.05, 0.1) is 33.0 Å². The van der Waals surface area contributed by atoms with Gasteiger partial charge in [-0.25, -0.2) is 0 Å². The summed E-state index contributed by atoms with van der Waals surface area (Å²) in [4.78, 5) is 2.65. The first-order valence-corrected chi connectivity index (χ1v) is 9.49. The summed E-state index contributed by atoms with van der Waals surface area (Å²) in [7, 11) is 6.92. The van der Waals surface area contributed by atoms with Gasteiger partial charge in [0.1, 0.15) is 0 Å². The number of rotatable bonds is 4. The second kappa shape index (κ2) is 6.78. The highest BCUT2D eigenvalue weighted by atomic mass is 16.5. The van der Waals surface area contributed by atoms with Gasteiger partial charge in [0.2, 0.25) is 5.75 Å². The molecule has 0 radical (unpaired) electrons. The van der Waals surface area contributed by atoms with Gasteiger partial charge < -0.3 is 18.9 Å². The molecule has 1 aliphatic carbocycles. The normalized spacial score (nSPS) is 27.7. The van der Waals surface area contributed by atoms with Crippen LogP contribution >= 0.6 is 0 Å². The fourth-order valence-corrected chi connectivity index (χ4v) is 5.29. The highest BCUT2D eigenvalue weighted by Crippen LogP contribution is 2.56. The van der Waals surface area contributed by atoms with Crippen molar-refractivity contribution in [3.05, 3.63) is 28.8 Å². The Balaban J connectivity index is 1.99. The van der Waals surface area contributed by atoms with E-state index in [4.69, 9.17) is 18.9 Å². The third-order valence-electron chi connectivity index (χ3n) is 6.44. The van der Waals surface area contributed by atoms with Gasteiger partial charge in [0.15, 0.2) is 11.5 Å². The van der Waals surface area contributed by atoms with Crippen LogP contribution < -0.4 is 14.2 Å². The number of nitrogens with zero attached hydrogens (tertiary/aromatic N) is 1. The smallest absolute Gasteiger partial charge is 0.203 e. The Morgan fingerprint density at radius 2 is 1.81 bits per heavy atom. The molecule has 5 heteroatoms. The van der Waals surface area contributed by atoms with E-state index in [2.05, 4.69) is 17.0 Å². The molecule has 26 heavy (non-hydrogen) atoms. The lowest BCUT2D eigenvalue weighted by atomic mass is 9.73. The zero-order valence-electron chi connectivity index (χ0n) is 16.3. The van der Waals surface area contributed by atoms with Gasteiger partial charge in [0.25, 0.3) is 0 Å². The van der Waals surface area contributed by atoms with Crippen molar-refractivity contribution in [3.8, 4) is 17.2 Å². The summed E-state index contributed by atoms with van der Waals surface area (Å²) in [5.41, 5.74) is 4.01. The lowest BCUT2D eigenvalue weighted by molar-refractivity contribution is 0.0346. The summed E-state index contributed by atoms with van der Waals surface area (Å²) in [6.07, 6.45) is 7.88. The van der Waals surface area contributed by atoms with Crippen LogP contribution in [0.5, 0.6) is 17.2 Å². The molecule has 1 aromatic rings. The Labute approximate surface area is 155 Å². The minimum absolute atomic E-state index is 0.0996. The van der Waals surface area contributed by atoms with Gasteiger partial charge in [0, 0.05) is 25.6 Å². The summed E-state index contributed by atoms with van der Waals surface area (Å²) in [6.45, 7) is 2.20. The van der Waals surface area contributed by atoms with Gasteiger partial charge in [-0.1, -0.05) is 6.08 Å². The second-order valence-electron chi connectivity index (χ2n) is 7.40. The topological polar surface area (TPSA) is 40.2 Å². The summed E-state index contributed by atoms with van der Waals surface area (Å²) < 4.78 is 23.0. The minimum atomic E-state index is -0.0996. The van der Waals surface area contributed by atoms with Crippen LogP contribution in [0.25, 0.3) is 0 Å². The standard InChI is InChI=1S/C21H29NO4/c1-23-15-8-7-14-9-11-22-10-5-6-16-17(21(14,22)13-15)12-18(24-2)20(26-4)19(16)25-3/h7,12,15H,5-6,8-11,13H2,1-4H3/t15-,21-/m0/s1. The van der Waals surface area contributed by atoms with Gasteiger partial charge in [-0.3, -0.25) is 4.90 Å². The van der Waals surface area contributed by atoms with Crippen molar-refractivity contribution < 1.29 is 18.9 Å². The molecule has 0 unspecified atom stereocenters. The van der Waals surface area contributed by atoms with Crippen molar-refractivity contribution in [2.45, 2.75) is 43.7 Å². The molecule has 0 saturated carbocycles. The highest BCUT2D eigenvalue weighted by Gasteiger charge is 2.51. The largest absolute Gasteiger partial charge is 0.493 e. The van der Waals surface area contributed by atoms with E-state index in [1.165, 1.54) is 16.7 Å². The lowest BCUT2D eigenvalue weighted by Crippen LogP contribution is -2.46. The first-order valence-electron chi connectivity index (χ1n) is 9.49. The molecule has 1 fully saturated rings. The molecule has 2 aliphatic heterocycles. The molecule has 5 nitrogen and oxygen atoms in total. The maximum absolute atomic E-state index is 5.84. The molecule has 0 bridgehead atoms. The molecule has 0 N–H and O–H groups in total. The molecular formula is C21H29NO4. The van der Waals surface area contributed by atoms with E-state index in [0.29, 0.717) is 5.75 Å². The van der Waals surface area contributed by atoms with Gasteiger partial charge in [-0.05, 0) is 49.4 Å². The van der Waals surface area contributed by atoms with Gasteiger partial charge in [-0.2, -0.15) is 0 Å². The third-order valence-corrected chi connectivity index (χ3v) is 6.44. The summed E-state index contributed by atoms with van der Waals surface area (Å²) in [5.74, 6) is 2.26. The fourth-order valence-electron chi connectivity index (χ4n) is 5.29. The fraction of sp³-hybridized carbons (Fsp3) is 0.619. The molecule has 0 amide bonds. The van der Waals surface area contributed by atoms with Crippen LogP contribution in [0.4, 0.5) is 0 Å². The van der Waals surface area contributed by atoms with Crippen LogP contribution in [-0.2, 0) is 16.7 Å². The van der Waals surface area contributed by atoms with Crippen LogP contribution in [0.3, 0.4) is 0 Å². The van der Waals surface area contributed by atoms with E-state index in [1.807, 2.05) is 7.11 Å². The van der Waals surface area contributed by atoms with Crippen LogP contribution in [0.15, 0.2) is 17.7 Å². The van der Waals surface area contributed by atoms with Crippen molar-refractivity contribution in [2.75, 3.05) is 41.5 Å². The van der Waals surface area contributed by atoms with Gasteiger partial charge in [-0.15, -0.1) is 0 Å². The molecule has 142 valence electrons. The Morgan fingerprint density at radius 3 is 2.50 bits per heavy atom. The average Bonchev–Trinajstić information content (AvgIpc) is 2.98. The molecule has 2 atom stereocenters. The molecule has 1 spiro atoms. The number of benzene rings is 1. The van der Waals surface area contributed by atoms with Crippen molar-refractivity contribution in [1.29, 1.82) is 0 Å². The lowest BCUT2D eigenvalue weighted by Gasteiger charge is -2.44. The van der Waals surface area contributed by atoms with Crippen LogP contribution in [-0.4, -0.2) is 52.5 Å². The van der Waals surface area contributed by atoms with E-state index in [-0.39, 0.29) is 11.6 Å². The molecule has 2 heterocycles. The minimum Gasteiger partial charge on any atom is -0.493 e. The predicted octanol–water partition coefficient (Wildman–Crippen LogP) is 3.29. The van der Waals surface area contributed by atoms with E-state index in [1.54, 1.807) is 21.3 Å². The molecule has 1 saturated heterocycles. The maximum Gasteiger partial charge on any atom is 0.203 e. The van der Waals surface area contributed by atoms with E-state index < -0.39 is 0 Å². The summed E-state index contributed by atoms with van der Waals surface area (Å²) in [5, 5.41) is 0. The Hall–Kier alpha value is -1.72. The SMILES string of the molecule is COc1cc2c(c(OC)c1OC)CCCN1CCC3=CC[C@H](OC)C[C@]321. The predicted molar refractivity (Wildman–Crippen MR) is 100 cm³/mol. The average molecular weight is 359 g/mol. The van der Waals surface area contributed by atoms with Crippen LogP contribution in [0.1, 0.15) is 36.8 Å². The zero-order chi connectivity index (χ0) is 18.3. The van der Waals surface area contributed by atoms with Crippen LogP contribution in [0.2, 0.25) is 0 Å². The number of ether oxygens (including phenoxy) is 4. The quantitative estimate of drug-likeness (QED) is 0.772. The highest BCUT2D eigenvalue weighted by molar-refractivity contribution is 5.63. The monoisotopic (exact) mass is 359 g/mol. The first kappa shape index (κ1) is 17.7. The number of methoxy groups -OCH3 is 4. The van der Waals surface area contributed by atoms with Gasteiger partial charge >= 0.3 is 0 Å². The zero-order valence-corrected chi connectivity index (χ0v) is 16.3. The Kier molecular flexibility index (Phi) is 4.61. The molecule has 3 aliphatic rings. The Morgan fingerprint density at radius 1 is 1.00 bits per heavy atom. The first-order chi connectivity index (χ1) is 12.7. The molecular weight excluding hydrogens is 330 g/mol. The molecule has 4 rings (SSSR count). The van der Waals surface area contributed by atoms with E-state index in [9.17, 15) is 0 Å². The van der Waals surface area contributed by atoms with Crippen molar-refractivity contribution in [2.24, 2.45) is 0 Å². The third kappa shape index (κ3) is 2.37. The number of hydrogen-bond donors (Lipinski definition) is 0. The Bertz CT molecular complexity index is 729. The number of fused-ring (bicyclic) bond motifs is 1. The number of hydrogen-bond acceptors (Lipinski definition) is 5. The van der Waals surface area contributed by atoms with E-state index in [0.717, 1.165) is 56.7 Å². The van der Waals surface area contributed by atoms with Crippen molar-refractivity contribution in [1.82, 2.24) is 4.90 Å². The van der Waals surface area contributed by atoms with Crippen molar-refractivity contribution in [3.63, 3.8) is 0 Å². The summed E-state index contributed by atoms with van der Waals surface area (Å²) in [6, 6.07) is 2.19.